The van der Waals surface area contributed by atoms with Crippen LogP contribution in [-0.4, -0.2) is 25.7 Å². The molecule has 0 rings (SSSR count). The largest absolute Gasteiger partial charge is 0.465 e. The number of carbonyl (C=O) groups is 1. The van der Waals surface area contributed by atoms with Crippen LogP contribution in [0.2, 0.25) is 0 Å². The van der Waals surface area contributed by atoms with Crippen molar-refractivity contribution in [3.63, 3.8) is 0 Å². The van der Waals surface area contributed by atoms with E-state index >= 15 is 0 Å². The molecule has 3 heteroatoms. The molecule has 0 aliphatic carbocycles. The highest BCUT2D eigenvalue weighted by Gasteiger charge is 1.98. The van der Waals surface area contributed by atoms with Gasteiger partial charge in [0.05, 0.1) is 13.2 Å². The van der Waals surface area contributed by atoms with E-state index in [9.17, 15) is 4.79 Å². The van der Waals surface area contributed by atoms with E-state index in [-0.39, 0.29) is 5.97 Å². The molecule has 15 heavy (non-hydrogen) atoms. The number of hydrogen-bond acceptors (Lipinski definition) is 3. The fourth-order valence-corrected chi connectivity index (χ4v) is 1.43. The standard InChI is InChI=1S/C12H25NO2/c1-3-5-6-7-8-9-10-13-11-12(14)15-4-2/h13H,3-11H2,1-2H3. The predicted molar refractivity (Wildman–Crippen MR) is 62.9 cm³/mol. The molecule has 0 unspecified atom stereocenters. The first-order valence-corrected chi connectivity index (χ1v) is 6.17. The molecule has 0 saturated carbocycles. The average Bonchev–Trinajstić information content (AvgIpc) is 2.22. The van der Waals surface area contributed by atoms with Crippen LogP contribution in [0.4, 0.5) is 0 Å². The molecule has 1 N–H and O–H groups in total. The molecule has 0 amide bonds. The third-order valence-corrected chi connectivity index (χ3v) is 2.28. The second-order valence-corrected chi connectivity index (χ2v) is 3.75. The van der Waals surface area contributed by atoms with E-state index in [1.54, 1.807) is 0 Å². The summed E-state index contributed by atoms with van der Waals surface area (Å²) in [7, 11) is 0. The number of nitrogens with one attached hydrogen (secondary N) is 1. The highest BCUT2D eigenvalue weighted by Crippen LogP contribution is 2.03. The van der Waals surface area contributed by atoms with Gasteiger partial charge < -0.3 is 10.1 Å². The minimum absolute atomic E-state index is 0.150. The van der Waals surface area contributed by atoms with E-state index in [0.717, 1.165) is 13.0 Å². The molecule has 0 aromatic carbocycles. The number of rotatable bonds is 10. The zero-order valence-electron chi connectivity index (χ0n) is 10.2. The van der Waals surface area contributed by atoms with Gasteiger partial charge in [-0.2, -0.15) is 0 Å². The van der Waals surface area contributed by atoms with Crippen molar-refractivity contribution in [2.75, 3.05) is 19.7 Å². The van der Waals surface area contributed by atoms with Crippen molar-refractivity contribution in [1.82, 2.24) is 5.32 Å². The molecule has 0 saturated heterocycles. The Morgan fingerprint density at radius 3 is 2.40 bits per heavy atom. The Balaban J connectivity index is 3.01. The molecule has 0 aliphatic rings. The van der Waals surface area contributed by atoms with Crippen LogP contribution >= 0.6 is 0 Å². The van der Waals surface area contributed by atoms with Crippen molar-refractivity contribution in [2.45, 2.75) is 52.4 Å². The van der Waals surface area contributed by atoms with E-state index in [4.69, 9.17) is 4.74 Å². The van der Waals surface area contributed by atoms with Crippen molar-refractivity contribution in [3.05, 3.63) is 0 Å². The molecule has 0 radical (unpaired) electrons. The van der Waals surface area contributed by atoms with Gasteiger partial charge in [0.2, 0.25) is 0 Å². The van der Waals surface area contributed by atoms with Gasteiger partial charge in [0.1, 0.15) is 0 Å². The van der Waals surface area contributed by atoms with Gasteiger partial charge >= 0.3 is 5.97 Å². The highest BCUT2D eigenvalue weighted by molar-refractivity contribution is 5.71. The predicted octanol–water partition coefficient (Wildman–Crippen LogP) is 2.50. The first-order chi connectivity index (χ1) is 7.31. The van der Waals surface area contributed by atoms with Crippen LogP contribution in [0.1, 0.15) is 52.4 Å². The number of unbranched alkanes of at least 4 members (excludes halogenated alkanes) is 5. The fourth-order valence-electron chi connectivity index (χ4n) is 1.43. The van der Waals surface area contributed by atoms with E-state index in [1.165, 1.54) is 32.1 Å². The summed E-state index contributed by atoms with van der Waals surface area (Å²) in [5.74, 6) is -0.150. The van der Waals surface area contributed by atoms with E-state index in [0.29, 0.717) is 13.2 Å². The quantitative estimate of drug-likeness (QED) is 0.449. The second kappa shape index (κ2) is 11.5. The molecule has 0 bridgehead atoms. The Kier molecular flexibility index (Phi) is 11.1. The average molecular weight is 215 g/mol. The van der Waals surface area contributed by atoms with Crippen molar-refractivity contribution >= 4 is 5.97 Å². The van der Waals surface area contributed by atoms with Crippen LogP contribution in [0.5, 0.6) is 0 Å². The summed E-state index contributed by atoms with van der Waals surface area (Å²) in [6, 6.07) is 0. The van der Waals surface area contributed by atoms with Crippen molar-refractivity contribution in [2.24, 2.45) is 0 Å². The maximum absolute atomic E-state index is 10.9. The van der Waals surface area contributed by atoms with Gasteiger partial charge in [-0.15, -0.1) is 0 Å². The molecule has 0 aromatic rings. The minimum Gasteiger partial charge on any atom is -0.465 e. The zero-order chi connectivity index (χ0) is 11.4. The SMILES string of the molecule is CCCCCCCCNCC(=O)OCC. The monoisotopic (exact) mass is 215 g/mol. The van der Waals surface area contributed by atoms with Crippen LogP contribution in [0.15, 0.2) is 0 Å². The lowest BCUT2D eigenvalue weighted by atomic mass is 10.1. The maximum Gasteiger partial charge on any atom is 0.319 e. The first-order valence-electron chi connectivity index (χ1n) is 6.17. The Hall–Kier alpha value is -0.570. The van der Waals surface area contributed by atoms with Crippen LogP contribution in [-0.2, 0) is 9.53 Å². The summed E-state index contributed by atoms with van der Waals surface area (Å²) in [4.78, 5) is 10.9. The topological polar surface area (TPSA) is 38.3 Å². The summed E-state index contributed by atoms with van der Waals surface area (Å²) < 4.78 is 4.80. The molecule has 0 aromatic heterocycles. The normalized spacial score (nSPS) is 10.3. The Labute approximate surface area is 93.6 Å². The van der Waals surface area contributed by atoms with Crippen molar-refractivity contribution in [1.29, 1.82) is 0 Å². The molecular formula is C12H25NO2. The van der Waals surface area contributed by atoms with Gasteiger partial charge in [-0.1, -0.05) is 39.0 Å². The first kappa shape index (κ1) is 14.4. The van der Waals surface area contributed by atoms with Crippen LogP contribution < -0.4 is 5.32 Å². The fraction of sp³-hybridized carbons (Fsp3) is 0.917. The number of hydrogen-bond donors (Lipinski definition) is 1. The Morgan fingerprint density at radius 2 is 1.73 bits per heavy atom. The molecule has 3 nitrogen and oxygen atoms in total. The van der Waals surface area contributed by atoms with E-state index < -0.39 is 0 Å². The number of esters is 1. The van der Waals surface area contributed by atoms with E-state index in [2.05, 4.69) is 12.2 Å². The molecule has 0 heterocycles. The van der Waals surface area contributed by atoms with Crippen molar-refractivity contribution < 1.29 is 9.53 Å². The maximum atomic E-state index is 10.9. The number of carbonyl (C=O) groups excluding carboxylic acids is 1. The molecule has 0 fully saturated rings. The lowest BCUT2D eigenvalue weighted by Crippen LogP contribution is -2.25. The Bertz CT molecular complexity index is 149. The van der Waals surface area contributed by atoms with Gasteiger partial charge in [0.25, 0.3) is 0 Å². The summed E-state index contributed by atoms with van der Waals surface area (Å²) in [5.41, 5.74) is 0. The second-order valence-electron chi connectivity index (χ2n) is 3.75. The van der Waals surface area contributed by atoms with Gasteiger partial charge in [-0.3, -0.25) is 4.79 Å². The molecule has 0 aliphatic heterocycles. The lowest BCUT2D eigenvalue weighted by Gasteiger charge is -2.04. The van der Waals surface area contributed by atoms with Gasteiger partial charge in [-0.25, -0.2) is 0 Å². The third kappa shape index (κ3) is 11.4. The highest BCUT2D eigenvalue weighted by atomic mass is 16.5. The summed E-state index contributed by atoms with van der Waals surface area (Å²) in [5, 5.41) is 3.09. The summed E-state index contributed by atoms with van der Waals surface area (Å²) >= 11 is 0. The zero-order valence-corrected chi connectivity index (χ0v) is 10.2. The summed E-state index contributed by atoms with van der Waals surface area (Å²) in [6.07, 6.45) is 7.71. The van der Waals surface area contributed by atoms with Crippen molar-refractivity contribution in [3.8, 4) is 0 Å². The van der Waals surface area contributed by atoms with Gasteiger partial charge in [-0.05, 0) is 19.9 Å². The minimum atomic E-state index is -0.150. The molecule has 0 spiro atoms. The molecular weight excluding hydrogens is 190 g/mol. The molecule has 0 atom stereocenters. The molecule has 90 valence electrons. The number of ether oxygens (including phenoxy) is 1. The van der Waals surface area contributed by atoms with Crippen LogP contribution in [0.3, 0.4) is 0 Å². The summed E-state index contributed by atoms with van der Waals surface area (Å²) in [6.45, 7) is 5.79. The van der Waals surface area contributed by atoms with Crippen LogP contribution in [0, 0.1) is 0 Å². The lowest BCUT2D eigenvalue weighted by molar-refractivity contribution is -0.141. The van der Waals surface area contributed by atoms with Crippen LogP contribution in [0.25, 0.3) is 0 Å². The smallest absolute Gasteiger partial charge is 0.319 e. The Morgan fingerprint density at radius 1 is 1.07 bits per heavy atom. The van der Waals surface area contributed by atoms with E-state index in [1.807, 2.05) is 6.92 Å². The van der Waals surface area contributed by atoms with Gasteiger partial charge in [0.15, 0.2) is 0 Å². The van der Waals surface area contributed by atoms with Gasteiger partial charge in [0, 0.05) is 0 Å². The third-order valence-electron chi connectivity index (χ3n) is 2.28.